The Kier molecular flexibility index (Phi) is 4.14. The van der Waals surface area contributed by atoms with E-state index in [0.717, 1.165) is 0 Å². The number of hydrogen-bond donors (Lipinski definition) is 2. The average Bonchev–Trinajstić information content (AvgIpc) is 2.41. The summed E-state index contributed by atoms with van der Waals surface area (Å²) in [7, 11) is 0. The molecule has 0 heterocycles. The number of benzene rings is 2. The van der Waals surface area contributed by atoms with Crippen LogP contribution in [0.5, 0.6) is 0 Å². The number of halogens is 2. The van der Waals surface area contributed by atoms with E-state index in [0.29, 0.717) is 10.2 Å². The summed E-state index contributed by atoms with van der Waals surface area (Å²) in [6.45, 7) is 0. The monoisotopic (exact) mass is 337 g/mol. The minimum absolute atomic E-state index is 0.0434. The summed E-state index contributed by atoms with van der Waals surface area (Å²) >= 11 is 3.11. The first-order chi connectivity index (χ1) is 9.47. The first-order valence-electron chi connectivity index (χ1n) is 5.57. The normalized spacial score (nSPS) is 10.1. The van der Waals surface area contributed by atoms with E-state index in [1.807, 2.05) is 0 Å². The highest BCUT2D eigenvalue weighted by molar-refractivity contribution is 9.10. The molecule has 0 unspecified atom stereocenters. The third-order valence-electron chi connectivity index (χ3n) is 2.56. The van der Waals surface area contributed by atoms with Crippen molar-refractivity contribution in [1.29, 1.82) is 0 Å². The van der Waals surface area contributed by atoms with Crippen molar-refractivity contribution in [1.82, 2.24) is 0 Å². The van der Waals surface area contributed by atoms with Gasteiger partial charge in [0.25, 0.3) is 5.91 Å². The number of rotatable bonds is 3. The van der Waals surface area contributed by atoms with Gasteiger partial charge in [-0.15, -0.1) is 0 Å². The highest BCUT2D eigenvalue weighted by Crippen LogP contribution is 2.21. The van der Waals surface area contributed by atoms with E-state index in [1.54, 1.807) is 6.07 Å². The van der Waals surface area contributed by atoms with Gasteiger partial charge < -0.3 is 10.4 Å². The molecule has 0 aliphatic heterocycles. The first-order valence-corrected chi connectivity index (χ1v) is 6.36. The van der Waals surface area contributed by atoms with Gasteiger partial charge in [-0.05, 0) is 58.4 Å². The largest absolute Gasteiger partial charge is 0.478 e. The third kappa shape index (κ3) is 3.21. The van der Waals surface area contributed by atoms with E-state index in [2.05, 4.69) is 21.2 Å². The zero-order chi connectivity index (χ0) is 14.7. The van der Waals surface area contributed by atoms with E-state index >= 15 is 0 Å². The molecule has 0 fully saturated rings. The van der Waals surface area contributed by atoms with Gasteiger partial charge in [-0.1, -0.05) is 0 Å². The number of anilines is 1. The molecule has 0 atom stereocenters. The van der Waals surface area contributed by atoms with Gasteiger partial charge in [0.2, 0.25) is 0 Å². The molecule has 0 aliphatic rings. The van der Waals surface area contributed by atoms with E-state index in [4.69, 9.17) is 5.11 Å². The van der Waals surface area contributed by atoms with Crippen molar-refractivity contribution in [3.8, 4) is 0 Å². The molecule has 4 nitrogen and oxygen atoms in total. The Morgan fingerprint density at radius 3 is 2.35 bits per heavy atom. The maximum absolute atomic E-state index is 12.8. The highest BCUT2D eigenvalue weighted by atomic mass is 79.9. The number of nitrogens with one attached hydrogen (secondary N) is 1. The highest BCUT2D eigenvalue weighted by Gasteiger charge is 2.11. The van der Waals surface area contributed by atoms with Crippen molar-refractivity contribution in [3.63, 3.8) is 0 Å². The van der Waals surface area contributed by atoms with Gasteiger partial charge in [-0.2, -0.15) is 0 Å². The Labute approximate surface area is 122 Å². The summed E-state index contributed by atoms with van der Waals surface area (Å²) in [6.07, 6.45) is 0. The zero-order valence-corrected chi connectivity index (χ0v) is 11.6. The topological polar surface area (TPSA) is 66.4 Å². The Morgan fingerprint density at radius 2 is 1.75 bits per heavy atom. The van der Waals surface area contributed by atoms with Gasteiger partial charge in [0, 0.05) is 15.7 Å². The predicted octanol–water partition coefficient (Wildman–Crippen LogP) is 3.54. The van der Waals surface area contributed by atoms with Crippen LogP contribution < -0.4 is 5.32 Å². The minimum atomic E-state index is -1.10. The van der Waals surface area contributed by atoms with Gasteiger partial charge in [0.15, 0.2) is 0 Å². The lowest BCUT2D eigenvalue weighted by molar-refractivity contribution is 0.0695. The molecule has 102 valence electrons. The van der Waals surface area contributed by atoms with E-state index in [1.165, 1.54) is 36.4 Å². The van der Waals surface area contributed by atoms with Gasteiger partial charge in [-0.3, -0.25) is 4.79 Å². The second-order valence-electron chi connectivity index (χ2n) is 3.96. The minimum Gasteiger partial charge on any atom is -0.478 e. The number of amides is 1. The van der Waals surface area contributed by atoms with Crippen molar-refractivity contribution < 1.29 is 19.1 Å². The summed E-state index contributed by atoms with van der Waals surface area (Å²) in [5.74, 6) is -1.98. The molecule has 2 aromatic rings. The molecule has 20 heavy (non-hydrogen) atoms. The fraction of sp³-hybridized carbons (Fsp3) is 0. The molecule has 0 saturated carbocycles. The maximum Gasteiger partial charge on any atom is 0.336 e. The van der Waals surface area contributed by atoms with Crippen molar-refractivity contribution >= 4 is 33.5 Å². The standard InChI is InChI=1S/C14H9BrFNO3/c15-12-6-5-10(7-11(12)14(19)20)17-13(18)8-1-3-9(16)4-2-8/h1-7H,(H,17,18)(H,19,20). The average molecular weight is 338 g/mol. The quantitative estimate of drug-likeness (QED) is 0.900. The summed E-state index contributed by atoms with van der Waals surface area (Å²) < 4.78 is 13.2. The van der Waals surface area contributed by atoms with Gasteiger partial charge in [0.05, 0.1) is 5.56 Å². The van der Waals surface area contributed by atoms with Crippen molar-refractivity contribution in [3.05, 3.63) is 63.9 Å². The molecule has 6 heteroatoms. The van der Waals surface area contributed by atoms with Crippen LogP contribution in [0.1, 0.15) is 20.7 Å². The molecule has 0 bridgehead atoms. The lowest BCUT2D eigenvalue weighted by atomic mass is 10.1. The summed E-state index contributed by atoms with van der Waals surface area (Å²) in [5.41, 5.74) is 0.674. The molecule has 0 aromatic heterocycles. The Hall–Kier alpha value is -2.21. The van der Waals surface area contributed by atoms with E-state index in [-0.39, 0.29) is 11.1 Å². The molecule has 0 spiro atoms. The van der Waals surface area contributed by atoms with Crippen LogP contribution in [-0.4, -0.2) is 17.0 Å². The molecule has 0 aliphatic carbocycles. The third-order valence-corrected chi connectivity index (χ3v) is 3.25. The second-order valence-corrected chi connectivity index (χ2v) is 4.82. The van der Waals surface area contributed by atoms with Gasteiger partial charge in [0.1, 0.15) is 5.82 Å². The van der Waals surface area contributed by atoms with Crippen molar-refractivity contribution in [2.24, 2.45) is 0 Å². The van der Waals surface area contributed by atoms with Crippen LogP contribution in [0.25, 0.3) is 0 Å². The molecular formula is C14H9BrFNO3. The van der Waals surface area contributed by atoms with Crippen molar-refractivity contribution in [2.75, 3.05) is 5.32 Å². The van der Waals surface area contributed by atoms with Gasteiger partial charge >= 0.3 is 5.97 Å². The second kappa shape index (κ2) is 5.83. The smallest absolute Gasteiger partial charge is 0.336 e. The van der Waals surface area contributed by atoms with Crippen LogP contribution in [0.4, 0.5) is 10.1 Å². The number of carbonyl (C=O) groups excluding carboxylic acids is 1. The van der Waals surface area contributed by atoms with Crippen molar-refractivity contribution in [2.45, 2.75) is 0 Å². The summed E-state index contributed by atoms with van der Waals surface area (Å²) in [4.78, 5) is 22.9. The molecule has 2 rings (SSSR count). The Bertz CT molecular complexity index is 671. The van der Waals surface area contributed by atoms with Crippen LogP contribution in [0, 0.1) is 5.82 Å². The van der Waals surface area contributed by atoms with E-state index < -0.39 is 17.7 Å². The zero-order valence-electron chi connectivity index (χ0n) is 10.1. The first kappa shape index (κ1) is 14.2. The van der Waals surface area contributed by atoms with Crippen LogP contribution in [-0.2, 0) is 0 Å². The predicted molar refractivity (Wildman–Crippen MR) is 75.5 cm³/mol. The fourth-order valence-corrected chi connectivity index (χ4v) is 1.99. The van der Waals surface area contributed by atoms with Gasteiger partial charge in [-0.25, -0.2) is 9.18 Å². The maximum atomic E-state index is 12.8. The lowest BCUT2D eigenvalue weighted by Crippen LogP contribution is -2.12. The molecule has 2 aromatic carbocycles. The van der Waals surface area contributed by atoms with E-state index in [9.17, 15) is 14.0 Å². The number of carbonyl (C=O) groups is 2. The lowest BCUT2D eigenvalue weighted by Gasteiger charge is -2.07. The Morgan fingerprint density at radius 1 is 1.10 bits per heavy atom. The fourth-order valence-electron chi connectivity index (χ4n) is 1.57. The molecule has 2 N–H and O–H groups in total. The summed E-state index contributed by atoms with van der Waals surface area (Å²) in [6, 6.07) is 9.50. The van der Waals surface area contributed by atoms with Crippen LogP contribution in [0.2, 0.25) is 0 Å². The molecular weight excluding hydrogens is 329 g/mol. The SMILES string of the molecule is O=C(Nc1ccc(Br)c(C(=O)O)c1)c1ccc(F)cc1. The molecule has 1 amide bonds. The molecule has 0 radical (unpaired) electrons. The Balaban J connectivity index is 2.21. The van der Waals surface area contributed by atoms with Crippen LogP contribution >= 0.6 is 15.9 Å². The number of aromatic carboxylic acids is 1. The molecule has 0 saturated heterocycles. The number of carboxylic acid groups (broad SMARTS) is 1. The number of carboxylic acids is 1. The summed E-state index contributed by atoms with van der Waals surface area (Å²) in [5, 5.41) is 11.5. The van der Waals surface area contributed by atoms with Crippen LogP contribution in [0.3, 0.4) is 0 Å². The number of hydrogen-bond acceptors (Lipinski definition) is 2. The van der Waals surface area contributed by atoms with Crippen LogP contribution in [0.15, 0.2) is 46.9 Å².